The van der Waals surface area contributed by atoms with Gasteiger partial charge in [-0.25, -0.2) is 13.6 Å². The van der Waals surface area contributed by atoms with Gasteiger partial charge in [0.1, 0.15) is 24.7 Å². The van der Waals surface area contributed by atoms with Gasteiger partial charge in [-0.2, -0.15) is 18.3 Å². The summed E-state index contributed by atoms with van der Waals surface area (Å²) < 4.78 is 86.4. The molecule has 5 heterocycles. The molecule has 21 heteroatoms. The number of carbonyl (C=O) groups is 4. The lowest BCUT2D eigenvalue weighted by molar-refractivity contribution is -0.142. The summed E-state index contributed by atoms with van der Waals surface area (Å²) in [4.78, 5) is 56.8. The molecular weight excluding hydrogens is 1040 g/mol. The molecule has 4 fully saturated rings. The molecule has 4 aromatic carbocycles. The van der Waals surface area contributed by atoms with Gasteiger partial charge in [-0.3, -0.25) is 29.3 Å². The average molecular weight is 1100 g/mol. The molecule has 0 bridgehead atoms. The number of carbonyl (C=O) groups excluding carboxylic acids is 4. The van der Waals surface area contributed by atoms with E-state index in [0.29, 0.717) is 48.3 Å². The number of hydrogen-bond acceptors (Lipinski definition) is 10. The van der Waals surface area contributed by atoms with E-state index in [-0.39, 0.29) is 77.4 Å². The summed E-state index contributed by atoms with van der Waals surface area (Å²) in [6.07, 6.45) is 5.59. The second kappa shape index (κ2) is 22.5. The maximum Gasteiger partial charge on any atom is 0.408 e. The zero-order valence-electron chi connectivity index (χ0n) is 43.1. The number of benzene rings is 4. The molecule has 5 aliphatic rings. The largest absolute Gasteiger partial charge is 0.488 e. The number of likely N-dealkylation sites (tertiary alicyclic amines) is 2. The highest BCUT2D eigenvalue weighted by atomic mass is 35.5. The van der Waals surface area contributed by atoms with Crippen LogP contribution in [0.25, 0.3) is 22.0 Å². The van der Waals surface area contributed by atoms with Crippen LogP contribution in [0.4, 0.5) is 32.6 Å². The van der Waals surface area contributed by atoms with Gasteiger partial charge in [-0.15, -0.1) is 0 Å². The molecule has 0 unspecified atom stereocenters. The van der Waals surface area contributed by atoms with E-state index in [9.17, 15) is 37.5 Å². The van der Waals surface area contributed by atoms with Crippen molar-refractivity contribution in [1.82, 2.24) is 30.2 Å². The first-order valence-electron chi connectivity index (χ1n) is 26.7. The molecule has 5 amide bonds. The minimum absolute atomic E-state index is 0.0221. The number of piperidine rings is 2. The number of halogens is 6. The maximum absolute atomic E-state index is 16.5. The summed E-state index contributed by atoms with van der Waals surface area (Å²) in [6, 6.07) is 17.7. The van der Waals surface area contributed by atoms with Crippen LogP contribution in [0.1, 0.15) is 104 Å². The van der Waals surface area contributed by atoms with E-state index in [1.54, 1.807) is 12.1 Å². The van der Waals surface area contributed by atoms with Crippen LogP contribution in [-0.4, -0.2) is 113 Å². The Bertz CT molecular complexity index is 3120. The zero-order chi connectivity index (χ0) is 55.0. The minimum Gasteiger partial charge on any atom is -0.488 e. The van der Waals surface area contributed by atoms with Gasteiger partial charge in [0.25, 0.3) is 0 Å². The van der Waals surface area contributed by atoms with E-state index in [4.69, 9.17) is 26.8 Å². The number of nitrogens with one attached hydrogen (secondary N) is 2. The smallest absolute Gasteiger partial charge is 0.408 e. The molecule has 1 aliphatic carbocycles. The van der Waals surface area contributed by atoms with Crippen molar-refractivity contribution in [2.24, 2.45) is 17.6 Å². The van der Waals surface area contributed by atoms with Crippen LogP contribution in [0.5, 0.6) is 11.5 Å². The number of aliphatic hydroxyl groups is 1. The number of nitrogens with zero attached hydrogens (tertiary/aromatic N) is 5. The standard InChI is InChI=1S/C57H62ClF5N8O7/c1-33-47-45(30-42(59)50(58)49(47)48-41(52(64)74)13-14-44(51(48)60)77-28-27-72)78-56(33,38-5-3-2-4-6-38)20-21-65-39-10-7-36(8-11-39)54(75)69-24-15-34(16-25-69)31-68-22-17-35(18-23-68)37-9-12-40-43(29-37)71(32-57(61,62)63)67-53(40)70-26-19-46(73)66-55(70)76/h2-6,9,12-14,20-21,29-30,33-36,39,65,72H,7-8,10-11,15-19,22-28,31-32H2,1H3,(H2,64,74)(H,66,73,76)/b21-20-/t33-,36?,39?,56-/m0/s1. The molecule has 10 rings (SSSR count). The van der Waals surface area contributed by atoms with Crippen LogP contribution in [0, 0.1) is 23.5 Å². The summed E-state index contributed by atoms with van der Waals surface area (Å²) in [5, 5.41) is 19.3. The van der Waals surface area contributed by atoms with Gasteiger partial charge in [0.05, 0.1) is 22.7 Å². The van der Waals surface area contributed by atoms with E-state index >= 15 is 8.78 Å². The van der Waals surface area contributed by atoms with Crippen LogP contribution < -0.4 is 30.7 Å². The molecular formula is C57H62ClF5N8O7. The summed E-state index contributed by atoms with van der Waals surface area (Å²) >= 11 is 6.70. The number of aliphatic hydroxyl groups excluding tert-OH is 1. The fraction of sp³-hybridized carbons (Fsp3) is 0.456. The first kappa shape index (κ1) is 54.6. The number of imide groups is 1. The molecule has 1 aromatic heterocycles. The number of ether oxygens (including phenoxy) is 2. The molecule has 5 aromatic rings. The first-order chi connectivity index (χ1) is 37.4. The predicted molar refractivity (Wildman–Crippen MR) is 282 cm³/mol. The van der Waals surface area contributed by atoms with Crippen LogP contribution in [-0.2, 0) is 21.7 Å². The molecule has 0 spiro atoms. The van der Waals surface area contributed by atoms with Crippen molar-refractivity contribution < 1.29 is 55.7 Å². The molecule has 0 radical (unpaired) electrons. The van der Waals surface area contributed by atoms with Crippen LogP contribution in [0.2, 0.25) is 5.02 Å². The number of nitrogens with two attached hydrogens (primary N) is 1. The number of aromatic nitrogens is 2. The van der Waals surface area contributed by atoms with Crippen molar-refractivity contribution in [2.75, 3.05) is 57.4 Å². The van der Waals surface area contributed by atoms with Gasteiger partial charge in [0.15, 0.2) is 23.0 Å². The third-order valence-electron chi connectivity index (χ3n) is 16.4. The Labute approximate surface area is 452 Å². The molecule has 414 valence electrons. The van der Waals surface area contributed by atoms with E-state index in [0.717, 1.165) is 80.0 Å². The van der Waals surface area contributed by atoms with Gasteiger partial charge in [0, 0.05) is 78.6 Å². The number of hydrogen-bond donors (Lipinski definition) is 4. The highest BCUT2D eigenvalue weighted by Gasteiger charge is 2.49. The van der Waals surface area contributed by atoms with Crippen LogP contribution >= 0.6 is 11.6 Å². The third kappa shape index (κ3) is 11.0. The minimum atomic E-state index is -4.53. The number of urea groups is 1. The van der Waals surface area contributed by atoms with Crippen LogP contribution in [0.3, 0.4) is 0 Å². The second-order valence-corrected chi connectivity index (χ2v) is 21.6. The van der Waals surface area contributed by atoms with E-state index < -0.39 is 65.3 Å². The third-order valence-corrected chi connectivity index (χ3v) is 16.8. The van der Waals surface area contributed by atoms with Gasteiger partial charge in [-0.1, -0.05) is 54.9 Å². The lowest BCUT2D eigenvalue weighted by Crippen LogP contribution is -2.49. The number of amides is 5. The van der Waals surface area contributed by atoms with E-state index in [1.165, 1.54) is 17.0 Å². The summed E-state index contributed by atoms with van der Waals surface area (Å²) in [6.45, 7) is 3.92. The Kier molecular flexibility index (Phi) is 15.8. The lowest BCUT2D eigenvalue weighted by Gasteiger charge is -2.39. The Hall–Kier alpha value is -6.77. The molecule has 15 nitrogen and oxygen atoms in total. The van der Waals surface area contributed by atoms with Crippen molar-refractivity contribution in [1.29, 1.82) is 0 Å². The van der Waals surface area contributed by atoms with Crippen molar-refractivity contribution in [3.63, 3.8) is 0 Å². The quantitative estimate of drug-likeness (QED) is 0.0737. The van der Waals surface area contributed by atoms with Crippen molar-refractivity contribution in [2.45, 2.75) is 101 Å². The van der Waals surface area contributed by atoms with Gasteiger partial charge in [-0.05, 0) is 124 Å². The van der Waals surface area contributed by atoms with Crippen LogP contribution in [0.15, 0.2) is 79.0 Å². The molecule has 2 atom stereocenters. The number of rotatable bonds is 15. The van der Waals surface area contributed by atoms with Gasteiger partial charge >= 0.3 is 12.2 Å². The predicted octanol–water partition coefficient (Wildman–Crippen LogP) is 9.29. The number of fused-ring (bicyclic) bond motifs is 2. The molecule has 1 saturated carbocycles. The Morgan fingerprint density at radius 3 is 2.36 bits per heavy atom. The van der Waals surface area contributed by atoms with Crippen molar-refractivity contribution in [3.8, 4) is 22.6 Å². The monoisotopic (exact) mass is 1100 g/mol. The molecule has 78 heavy (non-hydrogen) atoms. The Balaban J connectivity index is 0.731. The first-order valence-corrected chi connectivity index (χ1v) is 27.1. The Morgan fingerprint density at radius 1 is 0.949 bits per heavy atom. The molecule has 3 saturated heterocycles. The lowest BCUT2D eigenvalue weighted by atomic mass is 9.77. The Morgan fingerprint density at radius 2 is 1.68 bits per heavy atom. The van der Waals surface area contributed by atoms with E-state index in [1.807, 2.05) is 60.5 Å². The highest BCUT2D eigenvalue weighted by Crippen LogP contribution is 2.57. The number of alkyl halides is 3. The number of primary amides is 1. The number of anilines is 1. The summed E-state index contributed by atoms with van der Waals surface area (Å²) in [5.41, 5.74) is 6.13. The SMILES string of the molecule is C[C@H]1c2c(cc(F)c(Cl)c2-c2c(C(N)=O)ccc(OCCO)c2F)O[C@]1(/C=C\NC1CCC(C(=O)N2CCC(CN3CCC(c4ccc5c(N6CCC(=O)NC6=O)nn(CC(F)(F)F)c5c4)CC3)CC2)CC1)c1ccccc1. The van der Waals surface area contributed by atoms with Gasteiger partial charge in [0.2, 0.25) is 17.7 Å². The highest BCUT2D eigenvalue weighted by molar-refractivity contribution is 6.34. The van der Waals surface area contributed by atoms with Crippen molar-refractivity contribution in [3.05, 3.63) is 118 Å². The summed E-state index contributed by atoms with van der Waals surface area (Å²) in [5.74, 6) is -3.34. The molecule has 4 aliphatic heterocycles. The average Bonchev–Trinajstić information content (AvgIpc) is 4.02. The fourth-order valence-electron chi connectivity index (χ4n) is 12.3. The topological polar surface area (TPSA) is 185 Å². The molecule has 5 N–H and O–H groups in total. The normalized spacial score (nSPS) is 22.7. The zero-order valence-corrected chi connectivity index (χ0v) is 43.9. The maximum atomic E-state index is 16.5. The van der Waals surface area contributed by atoms with Crippen molar-refractivity contribution >= 4 is 52.1 Å². The fourth-order valence-corrected chi connectivity index (χ4v) is 12.6. The van der Waals surface area contributed by atoms with E-state index in [2.05, 4.69) is 20.6 Å². The van der Waals surface area contributed by atoms with Gasteiger partial charge < -0.3 is 35.4 Å². The second-order valence-electron chi connectivity index (χ2n) is 21.2. The summed E-state index contributed by atoms with van der Waals surface area (Å²) in [7, 11) is 0.